The van der Waals surface area contributed by atoms with E-state index in [-0.39, 0.29) is 11.5 Å². The molecule has 29 heavy (non-hydrogen) atoms. The summed E-state index contributed by atoms with van der Waals surface area (Å²) in [4.78, 5) is 26.3. The number of hydrogen-bond donors (Lipinski definition) is 1. The standard InChI is InChI=1S/C23H23N3O2S/c1-4-18(22(27)24-13-16-10-6-5-9-14(16)2)26-23(28)20-17-11-7-8-12-19(17)29-21(20)15(3)25-26/h5-12,18H,4,13H2,1-3H3,(H,24,27). The normalized spacial score (nSPS) is 12.4. The van der Waals surface area contributed by atoms with E-state index in [0.29, 0.717) is 18.4 Å². The quantitative estimate of drug-likeness (QED) is 0.532. The van der Waals surface area contributed by atoms with Gasteiger partial charge in [-0.05, 0) is 37.5 Å². The number of amides is 1. The highest BCUT2D eigenvalue weighted by Crippen LogP contribution is 2.33. The average molecular weight is 406 g/mol. The van der Waals surface area contributed by atoms with E-state index in [1.807, 2.05) is 69.3 Å². The maximum atomic E-state index is 13.3. The minimum Gasteiger partial charge on any atom is -0.350 e. The third kappa shape index (κ3) is 3.44. The molecule has 1 N–H and O–H groups in total. The van der Waals surface area contributed by atoms with Gasteiger partial charge in [-0.2, -0.15) is 5.10 Å². The van der Waals surface area contributed by atoms with Crippen molar-refractivity contribution in [3.05, 3.63) is 75.7 Å². The first-order valence-corrected chi connectivity index (χ1v) is 10.6. The molecule has 1 unspecified atom stereocenters. The molecule has 0 spiro atoms. The number of aryl methyl sites for hydroxylation is 2. The van der Waals surface area contributed by atoms with Gasteiger partial charge in [-0.3, -0.25) is 9.59 Å². The molecule has 4 rings (SSSR count). The second kappa shape index (κ2) is 7.79. The van der Waals surface area contributed by atoms with Crippen molar-refractivity contribution < 1.29 is 4.79 Å². The molecule has 2 aromatic heterocycles. The van der Waals surface area contributed by atoms with Crippen LogP contribution in [-0.4, -0.2) is 15.7 Å². The lowest BCUT2D eigenvalue weighted by Crippen LogP contribution is -2.38. The number of rotatable bonds is 5. The molecule has 0 radical (unpaired) electrons. The number of thiophene rings is 1. The molecule has 148 valence electrons. The molecule has 1 atom stereocenters. The maximum absolute atomic E-state index is 13.3. The largest absolute Gasteiger partial charge is 0.350 e. The molecule has 0 aliphatic carbocycles. The van der Waals surface area contributed by atoms with Crippen LogP contribution in [-0.2, 0) is 11.3 Å². The average Bonchev–Trinajstić information content (AvgIpc) is 3.12. The number of fused-ring (bicyclic) bond motifs is 3. The molecule has 0 fully saturated rings. The van der Waals surface area contributed by atoms with Gasteiger partial charge in [0.1, 0.15) is 6.04 Å². The van der Waals surface area contributed by atoms with Crippen LogP contribution < -0.4 is 10.9 Å². The van der Waals surface area contributed by atoms with E-state index in [9.17, 15) is 9.59 Å². The van der Waals surface area contributed by atoms with Gasteiger partial charge in [0.2, 0.25) is 5.91 Å². The Hall–Kier alpha value is -2.99. The van der Waals surface area contributed by atoms with Crippen LogP contribution in [0.5, 0.6) is 0 Å². The molecule has 2 aromatic carbocycles. The molecule has 2 heterocycles. The summed E-state index contributed by atoms with van der Waals surface area (Å²) in [5.41, 5.74) is 2.75. The van der Waals surface area contributed by atoms with Crippen LogP contribution in [0.15, 0.2) is 53.3 Å². The van der Waals surface area contributed by atoms with Crippen LogP contribution in [0.3, 0.4) is 0 Å². The summed E-state index contributed by atoms with van der Waals surface area (Å²) in [5.74, 6) is -0.191. The topological polar surface area (TPSA) is 64.0 Å². The van der Waals surface area contributed by atoms with Crippen molar-refractivity contribution in [1.29, 1.82) is 0 Å². The Balaban J connectivity index is 1.72. The molecule has 0 bridgehead atoms. The number of nitrogens with one attached hydrogen (secondary N) is 1. The second-order valence-corrected chi connectivity index (χ2v) is 8.26. The first-order chi connectivity index (χ1) is 14.0. The fourth-order valence-corrected chi connectivity index (χ4v) is 4.80. The molecule has 0 saturated carbocycles. The van der Waals surface area contributed by atoms with E-state index in [2.05, 4.69) is 10.4 Å². The summed E-state index contributed by atoms with van der Waals surface area (Å²) in [5, 5.41) is 9.07. The van der Waals surface area contributed by atoms with Gasteiger partial charge in [0, 0.05) is 16.6 Å². The van der Waals surface area contributed by atoms with Crippen LogP contribution in [0, 0.1) is 13.8 Å². The van der Waals surface area contributed by atoms with Gasteiger partial charge in [-0.1, -0.05) is 49.4 Å². The lowest BCUT2D eigenvalue weighted by Gasteiger charge is -2.18. The molecular weight excluding hydrogens is 382 g/mol. The molecule has 0 aliphatic heterocycles. The van der Waals surface area contributed by atoms with Crippen molar-refractivity contribution in [3.63, 3.8) is 0 Å². The summed E-state index contributed by atoms with van der Waals surface area (Å²) in [6, 6.07) is 15.2. The van der Waals surface area contributed by atoms with Gasteiger partial charge in [-0.25, -0.2) is 4.68 Å². The molecule has 0 saturated heterocycles. The minimum absolute atomic E-state index is 0.191. The second-order valence-electron chi connectivity index (χ2n) is 7.21. The third-order valence-corrected chi connectivity index (χ3v) is 6.58. The zero-order valence-electron chi connectivity index (χ0n) is 16.7. The third-order valence-electron chi connectivity index (χ3n) is 5.30. The van der Waals surface area contributed by atoms with Gasteiger partial charge in [0.15, 0.2) is 0 Å². The Labute approximate surface area is 173 Å². The Morgan fingerprint density at radius 1 is 1.14 bits per heavy atom. The number of aromatic nitrogens is 2. The zero-order valence-corrected chi connectivity index (χ0v) is 17.5. The van der Waals surface area contributed by atoms with E-state index >= 15 is 0 Å². The van der Waals surface area contributed by atoms with E-state index in [1.54, 1.807) is 11.3 Å². The number of carbonyl (C=O) groups is 1. The lowest BCUT2D eigenvalue weighted by molar-refractivity contribution is -0.125. The Morgan fingerprint density at radius 3 is 2.62 bits per heavy atom. The highest BCUT2D eigenvalue weighted by atomic mass is 32.1. The summed E-state index contributed by atoms with van der Waals surface area (Å²) in [7, 11) is 0. The van der Waals surface area contributed by atoms with Crippen molar-refractivity contribution in [2.24, 2.45) is 0 Å². The Bertz CT molecular complexity index is 1270. The van der Waals surface area contributed by atoms with Crippen molar-refractivity contribution in [2.45, 2.75) is 39.8 Å². The van der Waals surface area contributed by atoms with Gasteiger partial charge < -0.3 is 5.32 Å². The van der Waals surface area contributed by atoms with Crippen molar-refractivity contribution >= 4 is 37.4 Å². The highest BCUT2D eigenvalue weighted by molar-refractivity contribution is 7.26. The lowest BCUT2D eigenvalue weighted by atomic mass is 10.1. The van der Waals surface area contributed by atoms with Gasteiger partial charge in [0.25, 0.3) is 5.56 Å². The number of benzene rings is 2. The minimum atomic E-state index is -0.645. The van der Waals surface area contributed by atoms with Crippen LogP contribution in [0.25, 0.3) is 20.2 Å². The first-order valence-electron chi connectivity index (χ1n) is 9.74. The van der Waals surface area contributed by atoms with Crippen molar-refractivity contribution in [1.82, 2.24) is 15.1 Å². The zero-order chi connectivity index (χ0) is 20.5. The maximum Gasteiger partial charge on any atom is 0.276 e. The van der Waals surface area contributed by atoms with Crippen LogP contribution in [0.2, 0.25) is 0 Å². The fraction of sp³-hybridized carbons (Fsp3) is 0.261. The summed E-state index contributed by atoms with van der Waals surface area (Å²) in [6.45, 7) is 6.24. The van der Waals surface area contributed by atoms with Crippen molar-refractivity contribution in [3.8, 4) is 0 Å². The monoisotopic (exact) mass is 405 g/mol. The van der Waals surface area contributed by atoms with Crippen LogP contribution in [0.1, 0.15) is 36.2 Å². The molecule has 1 amide bonds. The molecule has 4 aromatic rings. The van der Waals surface area contributed by atoms with Gasteiger partial charge >= 0.3 is 0 Å². The Kier molecular flexibility index (Phi) is 5.20. The van der Waals surface area contributed by atoms with Crippen LogP contribution in [0.4, 0.5) is 0 Å². The predicted octanol–water partition coefficient (Wildman–Crippen LogP) is 4.50. The number of carbonyl (C=O) groups excluding carboxylic acids is 1. The predicted molar refractivity (Wildman–Crippen MR) is 118 cm³/mol. The molecular formula is C23H23N3O2S. The van der Waals surface area contributed by atoms with Crippen LogP contribution >= 0.6 is 11.3 Å². The molecule has 5 nitrogen and oxygen atoms in total. The van der Waals surface area contributed by atoms with E-state index in [0.717, 1.165) is 31.6 Å². The highest BCUT2D eigenvalue weighted by Gasteiger charge is 2.24. The first kappa shape index (κ1) is 19.3. The molecule has 0 aliphatic rings. The summed E-state index contributed by atoms with van der Waals surface area (Å²) >= 11 is 1.57. The van der Waals surface area contributed by atoms with E-state index in [4.69, 9.17) is 0 Å². The smallest absolute Gasteiger partial charge is 0.276 e. The number of nitrogens with zero attached hydrogens (tertiary/aromatic N) is 2. The molecule has 6 heteroatoms. The summed E-state index contributed by atoms with van der Waals surface area (Å²) in [6.07, 6.45) is 0.486. The van der Waals surface area contributed by atoms with E-state index < -0.39 is 6.04 Å². The van der Waals surface area contributed by atoms with E-state index in [1.165, 1.54) is 4.68 Å². The van der Waals surface area contributed by atoms with Crippen molar-refractivity contribution in [2.75, 3.05) is 0 Å². The Morgan fingerprint density at radius 2 is 1.86 bits per heavy atom. The SMILES string of the molecule is CCC(C(=O)NCc1ccccc1C)n1nc(C)c2sc3ccccc3c2c1=O. The van der Waals surface area contributed by atoms with Gasteiger partial charge in [0.05, 0.1) is 15.8 Å². The summed E-state index contributed by atoms with van der Waals surface area (Å²) < 4.78 is 3.31. The number of hydrogen-bond acceptors (Lipinski definition) is 4. The fourth-order valence-electron chi connectivity index (χ4n) is 3.67. The van der Waals surface area contributed by atoms with Gasteiger partial charge in [-0.15, -0.1) is 11.3 Å².